The van der Waals surface area contributed by atoms with E-state index < -0.39 is 0 Å². The maximum atomic E-state index is 12.0. The summed E-state index contributed by atoms with van der Waals surface area (Å²) in [4.78, 5) is 16.1. The fourth-order valence-electron chi connectivity index (χ4n) is 2.40. The zero-order valence-corrected chi connectivity index (χ0v) is 12.8. The summed E-state index contributed by atoms with van der Waals surface area (Å²) >= 11 is 0. The fraction of sp³-hybridized carbons (Fsp3) is 0.100. The molecule has 3 nitrogen and oxygen atoms in total. The van der Waals surface area contributed by atoms with E-state index >= 15 is 0 Å². The molecule has 3 heteroatoms. The second-order valence-corrected chi connectivity index (χ2v) is 5.35. The van der Waals surface area contributed by atoms with Gasteiger partial charge in [0.2, 0.25) is 5.91 Å². The highest BCUT2D eigenvalue weighted by Gasteiger charge is 2.04. The van der Waals surface area contributed by atoms with E-state index in [2.05, 4.69) is 22.4 Å². The molecule has 1 heterocycles. The monoisotopic (exact) mass is 302 g/mol. The highest BCUT2D eigenvalue weighted by Crippen LogP contribution is 2.21. The average Bonchev–Trinajstić information content (AvgIpc) is 2.62. The largest absolute Gasteiger partial charge is 0.326 e. The molecule has 0 radical (unpaired) electrons. The van der Waals surface area contributed by atoms with Crippen LogP contribution in [0.4, 0.5) is 5.69 Å². The van der Waals surface area contributed by atoms with E-state index in [1.165, 1.54) is 5.56 Å². The lowest BCUT2D eigenvalue weighted by molar-refractivity contribution is -0.116. The molecule has 3 aromatic rings. The highest BCUT2D eigenvalue weighted by atomic mass is 16.1. The van der Waals surface area contributed by atoms with Gasteiger partial charge in [-0.15, -0.1) is 0 Å². The molecule has 0 atom stereocenters. The van der Waals surface area contributed by atoms with Crippen LogP contribution in [0, 0.1) is 0 Å². The molecule has 0 bridgehead atoms. The van der Waals surface area contributed by atoms with Gasteiger partial charge in [0, 0.05) is 24.5 Å². The van der Waals surface area contributed by atoms with Gasteiger partial charge in [-0.3, -0.25) is 9.78 Å². The van der Waals surface area contributed by atoms with Crippen molar-refractivity contribution in [3.63, 3.8) is 0 Å². The molecule has 0 saturated carbocycles. The number of hydrogen-bond donors (Lipinski definition) is 1. The summed E-state index contributed by atoms with van der Waals surface area (Å²) in [7, 11) is 0. The second-order valence-electron chi connectivity index (χ2n) is 5.35. The summed E-state index contributed by atoms with van der Waals surface area (Å²) in [6, 6.07) is 22.0. The summed E-state index contributed by atoms with van der Waals surface area (Å²) in [5.74, 6) is 0.0151. The molecule has 0 aliphatic rings. The normalized spacial score (nSPS) is 10.3. The maximum absolute atomic E-state index is 12.0. The smallest absolute Gasteiger partial charge is 0.224 e. The number of rotatable bonds is 5. The van der Waals surface area contributed by atoms with Gasteiger partial charge in [-0.1, -0.05) is 48.5 Å². The number of anilines is 1. The topological polar surface area (TPSA) is 42.0 Å². The minimum Gasteiger partial charge on any atom is -0.326 e. The Bertz CT molecular complexity index is 753. The molecule has 0 aliphatic carbocycles. The van der Waals surface area contributed by atoms with Gasteiger partial charge in [-0.25, -0.2) is 0 Å². The van der Waals surface area contributed by atoms with Crippen molar-refractivity contribution in [2.75, 3.05) is 5.32 Å². The molecular weight excluding hydrogens is 284 g/mol. The number of aryl methyl sites for hydroxylation is 1. The van der Waals surface area contributed by atoms with Crippen LogP contribution in [0.15, 0.2) is 79.1 Å². The highest BCUT2D eigenvalue weighted by molar-refractivity contribution is 5.91. The molecule has 0 fully saturated rings. The Hall–Kier alpha value is -2.94. The number of benzene rings is 2. The van der Waals surface area contributed by atoms with Gasteiger partial charge in [0.1, 0.15) is 0 Å². The van der Waals surface area contributed by atoms with Crippen LogP contribution in [0.1, 0.15) is 12.0 Å². The molecule has 114 valence electrons. The third-order valence-electron chi connectivity index (χ3n) is 3.64. The summed E-state index contributed by atoms with van der Waals surface area (Å²) in [5.41, 5.74) is 4.20. The molecule has 1 amide bonds. The summed E-state index contributed by atoms with van der Waals surface area (Å²) in [5, 5.41) is 2.93. The Labute approximate surface area is 136 Å². The lowest BCUT2D eigenvalue weighted by Crippen LogP contribution is -2.12. The molecule has 0 spiro atoms. The van der Waals surface area contributed by atoms with Crippen LogP contribution in [0.5, 0.6) is 0 Å². The quantitative estimate of drug-likeness (QED) is 0.762. The van der Waals surface area contributed by atoms with Crippen molar-refractivity contribution < 1.29 is 4.79 Å². The molecule has 1 aromatic heterocycles. The molecule has 0 saturated heterocycles. The van der Waals surface area contributed by atoms with Crippen molar-refractivity contribution in [1.29, 1.82) is 0 Å². The van der Waals surface area contributed by atoms with E-state index in [4.69, 9.17) is 0 Å². The van der Waals surface area contributed by atoms with E-state index in [1.54, 1.807) is 12.4 Å². The predicted molar refractivity (Wildman–Crippen MR) is 93.1 cm³/mol. The zero-order valence-electron chi connectivity index (χ0n) is 12.8. The van der Waals surface area contributed by atoms with E-state index in [1.807, 2.05) is 54.6 Å². The molecule has 3 rings (SSSR count). The van der Waals surface area contributed by atoms with Crippen molar-refractivity contribution in [2.24, 2.45) is 0 Å². The third kappa shape index (κ3) is 4.27. The first kappa shape index (κ1) is 15.0. The number of carbonyl (C=O) groups excluding carboxylic acids is 1. The van der Waals surface area contributed by atoms with Gasteiger partial charge in [-0.2, -0.15) is 0 Å². The number of aromatic nitrogens is 1. The van der Waals surface area contributed by atoms with Gasteiger partial charge in [0.25, 0.3) is 0 Å². The Balaban J connectivity index is 1.57. The number of pyridine rings is 1. The predicted octanol–water partition coefficient (Wildman–Crippen LogP) is 4.32. The van der Waals surface area contributed by atoms with Crippen LogP contribution in [0.2, 0.25) is 0 Å². The summed E-state index contributed by atoms with van der Waals surface area (Å²) in [6.07, 6.45) is 4.67. The number of carbonyl (C=O) groups is 1. The van der Waals surface area contributed by atoms with Crippen LogP contribution in [-0.2, 0) is 11.2 Å². The first-order valence-electron chi connectivity index (χ1n) is 7.65. The fourth-order valence-corrected chi connectivity index (χ4v) is 2.40. The Morgan fingerprint density at radius 3 is 2.30 bits per heavy atom. The lowest BCUT2D eigenvalue weighted by atomic mass is 10.1. The van der Waals surface area contributed by atoms with Gasteiger partial charge in [0.05, 0.1) is 0 Å². The average molecular weight is 302 g/mol. The van der Waals surface area contributed by atoms with Crippen molar-refractivity contribution in [3.8, 4) is 11.1 Å². The Morgan fingerprint density at radius 2 is 1.61 bits per heavy atom. The molecule has 23 heavy (non-hydrogen) atoms. The van der Waals surface area contributed by atoms with E-state index in [-0.39, 0.29) is 5.91 Å². The van der Waals surface area contributed by atoms with Gasteiger partial charge < -0.3 is 5.32 Å². The molecular formula is C20H18N2O. The first-order valence-corrected chi connectivity index (χ1v) is 7.65. The SMILES string of the molecule is O=C(CCc1cccnc1)Nc1ccc(-c2ccccc2)cc1. The Morgan fingerprint density at radius 1 is 0.870 bits per heavy atom. The molecule has 0 aliphatic heterocycles. The summed E-state index contributed by atoms with van der Waals surface area (Å²) in [6.45, 7) is 0. The number of nitrogens with one attached hydrogen (secondary N) is 1. The van der Waals surface area contributed by atoms with Gasteiger partial charge >= 0.3 is 0 Å². The number of nitrogens with zero attached hydrogens (tertiary/aromatic N) is 1. The van der Waals surface area contributed by atoms with Crippen LogP contribution in [0.25, 0.3) is 11.1 Å². The standard InChI is InChI=1S/C20H18N2O/c23-20(13-8-16-5-4-14-21-15-16)22-19-11-9-18(10-12-19)17-6-2-1-3-7-17/h1-7,9-12,14-15H,8,13H2,(H,22,23). The maximum Gasteiger partial charge on any atom is 0.224 e. The summed E-state index contributed by atoms with van der Waals surface area (Å²) < 4.78 is 0. The Kier molecular flexibility index (Phi) is 4.79. The lowest BCUT2D eigenvalue weighted by Gasteiger charge is -2.07. The van der Waals surface area contributed by atoms with E-state index in [9.17, 15) is 4.79 Å². The van der Waals surface area contributed by atoms with Gasteiger partial charge in [-0.05, 0) is 41.3 Å². The van der Waals surface area contributed by atoms with Crippen LogP contribution >= 0.6 is 0 Å². The molecule has 0 unspecified atom stereocenters. The van der Waals surface area contributed by atoms with Crippen LogP contribution in [0.3, 0.4) is 0 Å². The minimum absolute atomic E-state index is 0.0151. The van der Waals surface area contributed by atoms with Crippen molar-refractivity contribution in [3.05, 3.63) is 84.7 Å². The van der Waals surface area contributed by atoms with Crippen molar-refractivity contribution in [1.82, 2.24) is 4.98 Å². The second kappa shape index (κ2) is 7.36. The minimum atomic E-state index is 0.0151. The molecule has 1 N–H and O–H groups in total. The third-order valence-corrected chi connectivity index (χ3v) is 3.64. The number of hydrogen-bond acceptors (Lipinski definition) is 2. The van der Waals surface area contributed by atoms with Crippen LogP contribution in [-0.4, -0.2) is 10.9 Å². The molecule has 2 aromatic carbocycles. The van der Waals surface area contributed by atoms with E-state index in [0.29, 0.717) is 12.8 Å². The van der Waals surface area contributed by atoms with E-state index in [0.717, 1.165) is 16.8 Å². The van der Waals surface area contributed by atoms with Crippen LogP contribution < -0.4 is 5.32 Å². The zero-order chi connectivity index (χ0) is 15.9. The number of amides is 1. The van der Waals surface area contributed by atoms with Crippen molar-refractivity contribution >= 4 is 11.6 Å². The van der Waals surface area contributed by atoms with Gasteiger partial charge in [0.15, 0.2) is 0 Å². The first-order chi connectivity index (χ1) is 11.3. The van der Waals surface area contributed by atoms with Crippen molar-refractivity contribution in [2.45, 2.75) is 12.8 Å².